The van der Waals surface area contributed by atoms with E-state index in [1.165, 1.54) is 83.5 Å². The Kier molecular flexibility index (Phi) is 16.0. The van der Waals surface area contributed by atoms with Crippen molar-refractivity contribution >= 4 is 0 Å². The third-order valence-corrected chi connectivity index (χ3v) is 3.91. The third kappa shape index (κ3) is 14.2. The molecule has 1 atom stereocenters. The van der Waals surface area contributed by atoms with E-state index in [2.05, 4.69) is 20.8 Å². The maximum absolute atomic E-state index is 5.87. The molecule has 0 aromatic heterocycles. The van der Waals surface area contributed by atoms with Gasteiger partial charge in [-0.1, -0.05) is 84.5 Å². The molecule has 0 radical (unpaired) electrons. The third-order valence-electron chi connectivity index (χ3n) is 3.91. The predicted octanol–water partition coefficient (Wildman–Crippen LogP) is 6.50. The molecule has 0 saturated carbocycles. The van der Waals surface area contributed by atoms with Crippen LogP contribution in [0.25, 0.3) is 0 Å². The van der Waals surface area contributed by atoms with E-state index in [1.54, 1.807) is 0 Å². The second-order valence-corrected chi connectivity index (χ2v) is 5.84. The van der Waals surface area contributed by atoms with E-state index in [4.69, 9.17) is 4.74 Å². The van der Waals surface area contributed by atoms with Crippen LogP contribution < -0.4 is 0 Å². The van der Waals surface area contributed by atoms with Crippen LogP contribution in [0.1, 0.15) is 104 Å². The van der Waals surface area contributed by atoms with Gasteiger partial charge in [0.05, 0.1) is 6.10 Å². The fraction of sp³-hybridized carbons (Fsp3) is 1.00. The molecule has 0 rings (SSSR count). The molecule has 116 valence electrons. The van der Waals surface area contributed by atoms with Gasteiger partial charge in [0.1, 0.15) is 0 Å². The van der Waals surface area contributed by atoms with Gasteiger partial charge in [0.25, 0.3) is 0 Å². The van der Waals surface area contributed by atoms with Gasteiger partial charge in [0.15, 0.2) is 0 Å². The van der Waals surface area contributed by atoms with Crippen LogP contribution in [-0.2, 0) is 4.74 Å². The van der Waals surface area contributed by atoms with E-state index in [1.807, 2.05) is 0 Å². The molecule has 1 nitrogen and oxygen atoms in total. The SMILES string of the molecule is CCCCCCCCCC(CCCCCC)OCC. The first kappa shape index (κ1) is 19.0. The van der Waals surface area contributed by atoms with Gasteiger partial charge < -0.3 is 4.74 Å². The van der Waals surface area contributed by atoms with Gasteiger partial charge in [-0.05, 0) is 19.8 Å². The van der Waals surface area contributed by atoms with Crippen LogP contribution in [-0.4, -0.2) is 12.7 Å². The maximum Gasteiger partial charge on any atom is 0.0575 e. The Bertz CT molecular complexity index is 156. The molecule has 0 fully saturated rings. The first-order chi connectivity index (χ1) is 9.35. The Labute approximate surface area is 122 Å². The lowest BCUT2D eigenvalue weighted by Crippen LogP contribution is -2.12. The van der Waals surface area contributed by atoms with E-state index in [0.29, 0.717) is 6.10 Å². The highest BCUT2D eigenvalue weighted by atomic mass is 16.5. The molecule has 0 aliphatic heterocycles. The van der Waals surface area contributed by atoms with Crippen molar-refractivity contribution in [2.45, 2.75) is 110 Å². The van der Waals surface area contributed by atoms with Gasteiger partial charge >= 0.3 is 0 Å². The van der Waals surface area contributed by atoms with Crippen LogP contribution in [0.5, 0.6) is 0 Å². The topological polar surface area (TPSA) is 9.23 Å². The summed E-state index contributed by atoms with van der Waals surface area (Å²) in [6, 6.07) is 0. The first-order valence-electron chi connectivity index (χ1n) is 8.96. The Morgan fingerprint density at radius 3 is 1.47 bits per heavy atom. The molecular formula is C18H38O. The molecule has 0 saturated heterocycles. The summed E-state index contributed by atoms with van der Waals surface area (Å²) in [6.45, 7) is 7.57. The van der Waals surface area contributed by atoms with Crippen molar-refractivity contribution in [3.8, 4) is 0 Å². The molecule has 1 heteroatoms. The van der Waals surface area contributed by atoms with Gasteiger partial charge in [-0.3, -0.25) is 0 Å². The molecule has 0 aliphatic rings. The minimum absolute atomic E-state index is 0.539. The summed E-state index contributed by atoms with van der Waals surface area (Å²) in [6.07, 6.45) is 18.4. The summed E-state index contributed by atoms with van der Waals surface area (Å²) < 4.78 is 5.87. The van der Waals surface area contributed by atoms with E-state index >= 15 is 0 Å². The fourth-order valence-electron chi connectivity index (χ4n) is 2.67. The monoisotopic (exact) mass is 270 g/mol. The van der Waals surface area contributed by atoms with Crippen LogP contribution in [0.3, 0.4) is 0 Å². The van der Waals surface area contributed by atoms with Gasteiger partial charge in [-0.2, -0.15) is 0 Å². The lowest BCUT2D eigenvalue weighted by molar-refractivity contribution is 0.0470. The van der Waals surface area contributed by atoms with Crippen LogP contribution in [0.4, 0.5) is 0 Å². The zero-order valence-electron chi connectivity index (χ0n) is 13.9. The fourth-order valence-corrected chi connectivity index (χ4v) is 2.67. The molecule has 0 heterocycles. The van der Waals surface area contributed by atoms with Crippen LogP contribution in [0, 0.1) is 0 Å². The minimum atomic E-state index is 0.539. The van der Waals surface area contributed by atoms with E-state index in [9.17, 15) is 0 Å². The second kappa shape index (κ2) is 16.0. The summed E-state index contributed by atoms with van der Waals surface area (Å²) >= 11 is 0. The summed E-state index contributed by atoms with van der Waals surface area (Å²) in [5, 5.41) is 0. The van der Waals surface area contributed by atoms with Crippen LogP contribution >= 0.6 is 0 Å². The standard InChI is InChI=1S/C18H38O/c1-4-7-9-11-12-13-15-17-18(19-6-3)16-14-10-8-5-2/h18H,4-17H2,1-3H3. The van der Waals surface area contributed by atoms with E-state index < -0.39 is 0 Å². The van der Waals surface area contributed by atoms with Crippen molar-refractivity contribution < 1.29 is 4.74 Å². The number of unbranched alkanes of at least 4 members (excludes halogenated alkanes) is 9. The van der Waals surface area contributed by atoms with Gasteiger partial charge in [0, 0.05) is 6.61 Å². The van der Waals surface area contributed by atoms with Crippen molar-refractivity contribution in [2.75, 3.05) is 6.61 Å². The quantitative estimate of drug-likeness (QED) is 0.308. The van der Waals surface area contributed by atoms with Crippen molar-refractivity contribution in [3.63, 3.8) is 0 Å². The lowest BCUT2D eigenvalue weighted by atomic mass is 10.0. The molecule has 1 unspecified atom stereocenters. The molecule has 0 bridgehead atoms. The molecule has 0 N–H and O–H groups in total. The second-order valence-electron chi connectivity index (χ2n) is 5.84. The molecule has 0 spiro atoms. The minimum Gasteiger partial charge on any atom is -0.379 e. The molecule has 0 aromatic carbocycles. The zero-order valence-corrected chi connectivity index (χ0v) is 13.9. The van der Waals surface area contributed by atoms with E-state index in [0.717, 1.165) is 6.61 Å². The number of ether oxygens (including phenoxy) is 1. The van der Waals surface area contributed by atoms with Gasteiger partial charge in [0.2, 0.25) is 0 Å². The molecule has 0 aliphatic carbocycles. The molecule has 0 aromatic rings. The normalized spacial score (nSPS) is 12.8. The van der Waals surface area contributed by atoms with Gasteiger partial charge in [-0.25, -0.2) is 0 Å². The summed E-state index contributed by atoms with van der Waals surface area (Å²) in [4.78, 5) is 0. The Morgan fingerprint density at radius 2 is 1.00 bits per heavy atom. The average molecular weight is 271 g/mol. The highest BCUT2D eigenvalue weighted by Gasteiger charge is 2.07. The number of rotatable bonds is 15. The van der Waals surface area contributed by atoms with Gasteiger partial charge in [-0.15, -0.1) is 0 Å². The summed E-state index contributed by atoms with van der Waals surface area (Å²) in [7, 11) is 0. The molecule has 0 amide bonds. The zero-order chi connectivity index (χ0) is 14.2. The number of hydrogen-bond acceptors (Lipinski definition) is 1. The van der Waals surface area contributed by atoms with Crippen molar-refractivity contribution in [2.24, 2.45) is 0 Å². The summed E-state index contributed by atoms with van der Waals surface area (Å²) in [5.41, 5.74) is 0. The van der Waals surface area contributed by atoms with Crippen molar-refractivity contribution in [1.82, 2.24) is 0 Å². The highest BCUT2D eigenvalue weighted by molar-refractivity contribution is 4.59. The Balaban J connectivity index is 3.42. The van der Waals surface area contributed by atoms with Crippen molar-refractivity contribution in [3.05, 3.63) is 0 Å². The smallest absolute Gasteiger partial charge is 0.0575 e. The van der Waals surface area contributed by atoms with Crippen LogP contribution in [0.15, 0.2) is 0 Å². The Morgan fingerprint density at radius 1 is 0.579 bits per heavy atom. The molecule has 19 heavy (non-hydrogen) atoms. The maximum atomic E-state index is 5.87. The van der Waals surface area contributed by atoms with Crippen molar-refractivity contribution in [1.29, 1.82) is 0 Å². The molecular weight excluding hydrogens is 232 g/mol. The largest absolute Gasteiger partial charge is 0.379 e. The average Bonchev–Trinajstić information content (AvgIpc) is 2.42. The first-order valence-corrected chi connectivity index (χ1v) is 8.96. The Hall–Kier alpha value is -0.0400. The number of hydrogen-bond donors (Lipinski definition) is 0. The highest BCUT2D eigenvalue weighted by Crippen LogP contribution is 2.16. The van der Waals surface area contributed by atoms with E-state index in [-0.39, 0.29) is 0 Å². The predicted molar refractivity (Wildman–Crippen MR) is 86.8 cm³/mol. The van der Waals surface area contributed by atoms with Crippen LogP contribution in [0.2, 0.25) is 0 Å². The lowest BCUT2D eigenvalue weighted by Gasteiger charge is -2.16. The summed E-state index contributed by atoms with van der Waals surface area (Å²) in [5.74, 6) is 0.